The first kappa shape index (κ1) is 20.5. The maximum atomic E-state index is 12.5. The molecule has 0 aliphatic carbocycles. The second kappa shape index (κ2) is 8.50. The smallest absolute Gasteiger partial charge is 0.253 e. The molecular weight excluding hydrogens is 404 g/mol. The molecule has 0 bridgehead atoms. The maximum Gasteiger partial charge on any atom is 0.253 e. The van der Waals surface area contributed by atoms with Gasteiger partial charge in [0.05, 0.1) is 35.1 Å². The molecule has 0 radical (unpaired) electrons. The van der Waals surface area contributed by atoms with Crippen LogP contribution in [-0.2, 0) is 9.53 Å². The third kappa shape index (κ3) is 4.20. The summed E-state index contributed by atoms with van der Waals surface area (Å²) >= 11 is 1.41. The highest BCUT2D eigenvalue weighted by Gasteiger charge is 2.21. The molecule has 0 saturated carbocycles. The molecule has 1 fully saturated rings. The molecule has 3 aromatic heterocycles. The van der Waals surface area contributed by atoms with Crippen LogP contribution in [0.3, 0.4) is 0 Å². The molecule has 4 rings (SSSR count). The average molecular weight is 429 g/mol. The molecule has 3 N–H and O–H groups in total. The lowest BCUT2D eigenvalue weighted by molar-refractivity contribution is -0.118. The Labute approximate surface area is 177 Å². The molecule has 1 aliphatic rings. The summed E-state index contributed by atoms with van der Waals surface area (Å²) in [5, 5.41) is 7.13. The van der Waals surface area contributed by atoms with E-state index in [-0.39, 0.29) is 5.91 Å². The fourth-order valence-corrected chi connectivity index (χ4v) is 4.75. The molecule has 1 aliphatic heterocycles. The first-order chi connectivity index (χ1) is 14.4. The van der Waals surface area contributed by atoms with E-state index in [0.717, 1.165) is 42.2 Å². The standard InChI is InChI=1S/C20H24N6O3S/c1-12-15(17-10-26-20(30-17)16(9-23-26)19(21)28)7-13(8-22-12)24-18(27)11-25(2)14-3-5-29-6-4-14/h7-10,14H,3-6,11H2,1-2H3,(H2,21,28)(H,24,27). The Balaban J connectivity index is 1.50. The number of rotatable bonds is 6. The minimum atomic E-state index is -0.511. The van der Waals surface area contributed by atoms with Crippen molar-refractivity contribution < 1.29 is 14.3 Å². The van der Waals surface area contributed by atoms with Crippen LogP contribution in [0.15, 0.2) is 24.7 Å². The minimum Gasteiger partial charge on any atom is -0.381 e. The van der Waals surface area contributed by atoms with Gasteiger partial charge in [-0.05, 0) is 32.9 Å². The lowest BCUT2D eigenvalue weighted by Crippen LogP contribution is -2.41. The first-order valence-electron chi connectivity index (χ1n) is 9.74. The van der Waals surface area contributed by atoms with Crippen LogP contribution in [0, 0.1) is 6.92 Å². The zero-order valence-electron chi connectivity index (χ0n) is 16.9. The Morgan fingerprint density at radius 1 is 1.37 bits per heavy atom. The van der Waals surface area contributed by atoms with Crippen molar-refractivity contribution in [1.82, 2.24) is 19.5 Å². The van der Waals surface area contributed by atoms with E-state index in [1.54, 1.807) is 10.7 Å². The fourth-order valence-electron chi connectivity index (χ4n) is 3.61. The Morgan fingerprint density at radius 2 is 2.13 bits per heavy atom. The van der Waals surface area contributed by atoms with Gasteiger partial charge in [-0.2, -0.15) is 5.10 Å². The number of nitrogens with two attached hydrogens (primary N) is 1. The number of fused-ring (bicyclic) bond motifs is 1. The second-order valence-electron chi connectivity index (χ2n) is 7.43. The largest absolute Gasteiger partial charge is 0.381 e. The molecular formula is C20H24N6O3S. The molecule has 158 valence electrons. The van der Waals surface area contributed by atoms with Crippen LogP contribution < -0.4 is 11.1 Å². The summed E-state index contributed by atoms with van der Waals surface area (Å²) in [5.74, 6) is -0.597. The highest BCUT2D eigenvalue weighted by Crippen LogP contribution is 2.33. The molecule has 9 nitrogen and oxygen atoms in total. The Bertz CT molecular complexity index is 1090. The highest BCUT2D eigenvalue weighted by molar-refractivity contribution is 7.21. The van der Waals surface area contributed by atoms with Gasteiger partial charge in [-0.3, -0.25) is 19.5 Å². The van der Waals surface area contributed by atoms with Crippen molar-refractivity contribution in [2.45, 2.75) is 25.8 Å². The minimum absolute atomic E-state index is 0.0856. The quantitative estimate of drug-likeness (QED) is 0.620. The number of nitrogens with zero attached hydrogens (tertiary/aromatic N) is 4. The molecule has 0 unspecified atom stereocenters. The van der Waals surface area contributed by atoms with Crippen LogP contribution in [-0.4, -0.2) is 64.2 Å². The summed E-state index contributed by atoms with van der Waals surface area (Å²) in [5.41, 5.74) is 8.12. The molecule has 3 aromatic rings. The lowest BCUT2D eigenvalue weighted by Gasteiger charge is -2.30. The Hall–Kier alpha value is -2.82. The van der Waals surface area contributed by atoms with E-state index in [0.29, 0.717) is 28.7 Å². The fraction of sp³-hybridized carbons (Fsp3) is 0.400. The maximum absolute atomic E-state index is 12.5. The van der Waals surface area contributed by atoms with E-state index >= 15 is 0 Å². The predicted octanol–water partition coefficient (Wildman–Crippen LogP) is 1.91. The zero-order chi connectivity index (χ0) is 21.3. The summed E-state index contributed by atoms with van der Waals surface area (Å²) in [6.45, 7) is 3.69. The third-order valence-corrected chi connectivity index (χ3v) is 6.45. The second-order valence-corrected chi connectivity index (χ2v) is 8.46. The van der Waals surface area contributed by atoms with Crippen molar-refractivity contribution in [1.29, 1.82) is 0 Å². The van der Waals surface area contributed by atoms with Crippen molar-refractivity contribution in [3.63, 3.8) is 0 Å². The van der Waals surface area contributed by atoms with Crippen molar-refractivity contribution in [3.05, 3.63) is 35.9 Å². The number of anilines is 1. The van der Waals surface area contributed by atoms with Crippen LogP contribution in [0.5, 0.6) is 0 Å². The van der Waals surface area contributed by atoms with E-state index < -0.39 is 5.91 Å². The van der Waals surface area contributed by atoms with E-state index in [1.165, 1.54) is 17.5 Å². The van der Waals surface area contributed by atoms with Gasteiger partial charge in [0.2, 0.25) is 5.91 Å². The molecule has 4 heterocycles. The number of thiazole rings is 1. The molecule has 2 amide bonds. The number of carbonyl (C=O) groups is 2. The van der Waals surface area contributed by atoms with E-state index in [4.69, 9.17) is 10.5 Å². The number of aryl methyl sites for hydroxylation is 1. The topological polar surface area (TPSA) is 115 Å². The van der Waals surface area contributed by atoms with Crippen molar-refractivity contribution in [3.8, 4) is 10.4 Å². The summed E-state index contributed by atoms with van der Waals surface area (Å²) in [4.78, 5) is 32.2. The monoisotopic (exact) mass is 428 g/mol. The SMILES string of the molecule is Cc1ncc(NC(=O)CN(C)C2CCOCC2)cc1-c1cn2ncc(C(N)=O)c2s1. The molecule has 1 saturated heterocycles. The van der Waals surface area contributed by atoms with Gasteiger partial charge in [0, 0.05) is 36.7 Å². The van der Waals surface area contributed by atoms with Crippen LogP contribution in [0.25, 0.3) is 15.3 Å². The highest BCUT2D eigenvalue weighted by atomic mass is 32.1. The number of aromatic nitrogens is 3. The third-order valence-electron chi connectivity index (χ3n) is 5.30. The number of primary amides is 1. The number of pyridine rings is 1. The van der Waals surface area contributed by atoms with Crippen LogP contribution in [0.2, 0.25) is 0 Å². The zero-order valence-corrected chi connectivity index (χ0v) is 17.7. The molecule has 30 heavy (non-hydrogen) atoms. The normalized spacial score (nSPS) is 15.0. The summed E-state index contributed by atoms with van der Waals surface area (Å²) in [7, 11) is 1.96. The van der Waals surface area contributed by atoms with Gasteiger partial charge < -0.3 is 15.8 Å². The predicted molar refractivity (Wildman–Crippen MR) is 115 cm³/mol. The van der Waals surface area contributed by atoms with Gasteiger partial charge in [-0.15, -0.1) is 11.3 Å². The van der Waals surface area contributed by atoms with Crippen LogP contribution in [0.4, 0.5) is 5.69 Å². The van der Waals surface area contributed by atoms with Crippen molar-refractivity contribution in [2.75, 3.05) is 32.1 Å². The average Bonchev–Trinajstić information content (AvgIpc) is 3.30. The number of nitrogens with one attached hydrogen (secondary N) is 1. The van der Waals surface area contributed by atoms with Gasteiger partial charge in [0.1, 0.15) is 4.83 Å². The van der Waals surface area contributed by atoms with Gasteiger partial charge in [-0.1, -0.05) is 0 Å². The Morgan fingerprint density at radius 3 is 2.87 bits per heavy atom. The van der Waals surface area contributed by atoms with Gasteiger partial charge in [0.15, 0.2) is 0 Å². The number of ether oxygens (including phenoxy) is 1. The number of hydrogen-bond acceptors (Lipinski definition) is 7. The molecule has 10 heteroatoms. The van der Waals surface area contributed by atoms with Crippen molar-refractivity contribution >= 4 is 33.7 Å². The Kier molecular flexibility index (Phi) is 5.80. The summed E-state index contributed by atoms with van der Waals surface area (Å²) < 4.78 is 7.02. The first-order valence-corrected chi connectivity index (χ1v) is 10.6. The van der Waals surface area contributed by atoms with E-state index in [2.05, 4.69) is 20.3 Å². The lowest BCUT2D eigenvalue weighted by atomic mass is 10.1. The number of hydrogen-bond donors (Lipinski definition) is 2. The van der Waals surface area contributed by atoms with Crippen LogP contribution >= 0.6 is 11.3 Å². The van der Waals surface area contributed by atoms with Crippen molar-refractivity contribution in [2.24, 2.45) is 5.73 Å². The van der Waals surface area contributed by atoms with Crippen LogP contribution in [0.1, 0.15) is 28.9 Å². The summed E-state index contributed by atoms with van der Waals surface area (Å²) in [6, 6.07) is 2.25. The summed E-state index contributed by atoms with van der Waals surface area (Å²) in [6.07, 6.45) is 6.83. The number of amides is 2. The van der Waals surface area contributed by atoms with Gasteiger partial charge >= 0.3 is 0 Å². The van der Waals surface area contributed by atoms with Gasteiger partial charge in [0.25, 0.3) is 5.91 Å². The van der Waals surface area contributed by atoms with E-state index in [9.17, 15) is 9.59 Å². The number of likely N-dealkylation sites (N-methyl/N-ethyl adjacent to an activating group) is 1. The van der Waals surface area contributed by atoms with E-state index in [1.807, 2.05) is 26.2 Å². The number of carbonyl (C=O) groups excluding carboxylic acids is 2. The van der Waals surface area contributed by atoms with Gasteiger partial charge in [-0.25, -0.2) is 4.52 Å². The molecule has 0 spiro atoms. The molecule has 0 atom stereocenters. The molecule has 0 aromatic carbocycles.